The molecule has 20 heavy (non-hydrogen) atoms. The second kappa shape index (κ2) is 6.33. The van der Waals surface area contributed by atoms with Gasteiger partial charge in [-0.3, -0.25) is 0 Å². The average Bonchev–Trinajstić information content (AvgIpc) is 2.84. The number of methoxy groups -OCH3 is 1. The van der Waals surface area contributed by atoms with Crippen LogP contribution in [0.2, 0.25) is 0 Å². The first-order chi connectivity index (χ1) is 9.46. The lowest BCUT2D eigenvalue weighted by atomic mass is 10.1. The van der Waals surface area contributed by atoms with Gasteiger partial charge in [-0.05, 0) is 26.3 Å². The van der Waals surface area contributed by atoms with Gasteiger partial charge in [-0.25, -0.2) is 9.97 Å². The molecule has 0 saturated heterocycles. The van der Waals surface area contributed by atoms with Crippen LogP contribution < -0.4 is 10.1 Å². The van der Waals surface area contributed by atoms with Gasteiger partial charge in [-0.15, -0.1) is 11.3 Å². The third-order valence-electron chi connectivity index (χ3n) is 2.76. The van der Waals surface area contributed by atoms with Crippen LogP contribution >= 0.6 is 11.3 Å². The number of hydrogen-bond donors (Lipinski definition) is 1. The Hall–Kier alpha value is -1.46. The highest BCUT2D eigenvalue weighted by molar-refractivity contribution is 7.11. The molecule has 0 spiro atoms. The average molecular weight is 291 g/mol. The molecule has 2 heterocycles. The number of hydrogen-bond acceptors (Lipinski definition) is 5. The number of nitrogens with zero attached hydrogens (tertiary/aromatic N) is 2. The molecule has 108 valence electrons. The molecule has 0 fully saturated rings. The maximum atomic E-state index is 5.05. The van der Waals surface area contributed by atoms with Crippen molar-refractivity contribution in [3.8, 4) is 5.88 Å². The molecule has 0 aromatic carbocycles. The summed E-state index contributed by atoms with van der Waals surface area (Å²) in [5.41, 5.74) is 1.28. The highest BCUT2D eigenvalue weighted by atomic mass is 32.1. The highest BCUT2D eigenvalue weighted by Gasteiger charge is 2.10. The molecule has 0 amide bonds. The normalized spacial score (nSPS) is 11.6. The van der Waals surface area contributed by atoms with Crippen LogP contribution in [-0.2, 0) is 13.0 Å². The molecule has 0 saturated carbocycles. The second-order valence-corrected chi connectivity index (χ2v) is 6.91. The highest BCUT2D eigenvalue weighted by Crippen LogP contribution is 2.18. The van der Waals surface area contributed by atoms with Crippen LogP contribution in [-0.4, -0.2) is 22.6 Å². The minimum atomic E-state index is 0.129. The molecule has 1 N–H and O–H groups in total. The van der Waals surface area contributed by atoms with Gasteiger partial charge >= 0.3 is 0 Å². The largest absolute Gasteiger partial charge is 0.481 e. The van der Waals surface area contributed by atoms with Crippen molar-refractivity contribution in [3.63, 3.8) is 0 Å². The summed E-state index contributed by atoms with van der Waals surface area (Å²) >= 11 is 1.75. The summed E-state index contributed by atoms with van der Waals surface area (Å²) < 4.78 is 5.05. The maximum absolute atomic E-state index is 5.05. The zero-order valence-corrected chi connectivity index (χ0v) is 13.3. The summed E-state index contributed by atoms with van der Waals surface area (Å²) in [6.45, 7) is 7.36. The first kappa shape index (κ1) is 14.9. The van der Waals surface area contributed by atoms with E-state index in [2.05, 4.69) is 36.1 Å². The third-order valence-corrected chi connectivity index (χ3v) is 3.75. The summed E-state index contributed by atoms with van der Waals surface area (Å²) in [5, 5.41) is 4.59. The number of nitrogens with one attached hydrogen (secondary N) is 1. The summed E-state index contributed by atoms with van der Waals surface area (Å²) in [6, 6.07) is 3.91. The van der Waals surface area contributed by atoms with Gasteiger partial charge in [-0.1, -0.05) is 6.07 Å². The molecule has 0 bridgehead atoms. The van der Waals surface area contributed by atoms with Gasteiger partial charge in [0.2, 0.25) is 5.88 Å². The third kappa shape index (κ3) is 4.58. The lowest BCUT2D eigenvalue weighted by molar-refractivity contribution is 0.397. The number of ether oxygens (including phenoxy) is 1. The minimum Gasteiger partial charge on any atom is -0.481 e. The number of rotatable bonds is 5. The van der Waals surface area contributed by atoms with E-state index < -0.39 is 0 Å². The SMILES string of the molecule is COc1ccc(Cc2ncc(CNC(C)(C)C)s2)cn1. The number of pyridine rings is 1. The zero-order chi connectivity index (χ0) is 14.6. The molecule has 0 aliphatic rings. The smallest absolute Gasteiger partial charge is 0.212 e. The van der Waals surface area contributed by atoms with Gasteiger partial charge in [0.15, 0.2) is 0 Å². The Bertz CT molecular complexity index is 543. The molecule has 0 atom stereocenters. The van der Waals surface area contributed by atoms with Crippen LogP contribution in [0.5, 0.6) is 5.88 Å². The summed E-state index contributed by atoms with van der Waals surface area (Å²) in [4.78, 5) is 9.95. The van der Waals surface area contributed by atoms with Gasteiger partial charge < -0.3 is 10.1 Å². The molecule has 0 aliphatic heterocycles. The molecule has 2 rings (SSSR count). The first-order valence-electron chi connectivity index (χ1n) is 6.64. The molecular formula is C15H21N3OS. The van der Waals surface area contributed by atoms with Crippen LogP contribution in [0.15, 0.2) is 24.5 Å². The van der Waals surface area contributed by atoms with Crippen molar-refractivity contribution in [2.45, 2.75) is 39.3 Å². The lowest BCUT2D eigenvalue weighted by Crippen LogP contribution is -2.34. The Morgan fingerprint density at radius 2 is 2.00 bits per heavy atom. The lowest BCUT2D eigenvalue weighted by Gasteiger charge is -2.19. The molecule has 2 aromatic rings. The number of thiazole rings is 1. The Kier molecular flexibility index (Phi) is 4.73. The topological polar surface area (TPSA) is 47.0 Å². The molecule has 0 radical (unpaired) electrons. The summed E-state index contributed by atoms with van der Waals surface area (Å²) in [6.07, 6.45) is 4.61. The van der Waals surface area contributed by atoms with Crippen molar-refractivity contribution >= 4 is 11.3 Å². The van der Waals surface area contributed by atoms with Crippen LogP contribution in [0.3, 0.4) is 0 Å². The van der Waals surface area contributed by atoms with Crippen LogP contribution in [0.1, 0.15) is 36.2 Å². The standard InChI is InChI=1S/C15H21N3OS/c1-15(2,3)18-10-12-9-17-14(20-12)7-11-5-6-13(19-4)16-8-11/h5-6,8-9,18H,7,10H2,1-4H3. The monoisotopic (exact) mass is 291 g/mol. The zero-order valence-electron chi connectivity index (χ0n) is 12.4. The Morgan fingerprint density at radius 1 is 1.20 bits per heavy atom. The Balaban J connectivity index is 1.94. The minimum absolute atomic E-state index is 0.129. The molecule has 5 heteroatoms. The first-order valence-corrected chi connectivity index (χ1v) is 7.45. The quantitative estimate of drug-likeness (QED) is 0.920. The summed E-state index contributed by atoms with van der Waals surface area (Å²) in [5.74, 6) is 0.642. The van der Waals surface area contributed by atoms with E-state index in [0.717, 1.165) is 23.5 Å². The van der Waals surface area contributed by atoms with Crippen molar-refractivity contribution in [1.82, 2.24) is 15.3 Å². The van der Waals surface area contributed by atoms with Crippen molar-refractivity contribution in [3.05, 3.63) is 40.0 Å². The molecular weight excluding hydrogens is 270 g/mol. The predicted molar refractivity (Wildman–Crippen MR) is 82.3 cm³/mol. The van der Waals surface area contributed by atoms with E-state index in [1.807, 2.05) is 24.5 Å². The van der Waals surface area contributed by atoms with Crippen LogP contribution in [0, 0.1) is 0 Å². The van der Waals surface area contributed by atoms with Crippen molar-refractivity contribution in [2.24, 2.45) is 0 Å². The van der Waals surface area contributed by atoms with Gasteiger partial charge in [0.1, 0.15) is 0 Å². The molecule has 4 nitrogen and oxygen atoms in total. The van der Waals surface area contributed by atoms with E-state index in [1.165, 1.54) is 4.88 Å². The maximum Gasteiger partial charge on any atom is 0.212 e. The van der Waals surface area contributed by atoms with E-state index in [9.17, 15) is 0 Å². The van der Waals surface area contributed by atoms with E-state index in [1.54, 1.807) is 18.4 Å². The summed E-state index contributed by atoms with van der Waals surface area (Å²) in [7, 11) is 1.62. The van der Waals surface area contributed by atoms with Crippen LogP contribution in [0.4, 0.5) is 0 Å². The Labute approximate surface area is 124 Å². The van der Waals surface area contributed by atoms with Crippen molar-refractivity contribution < 1.29 is 4.74 Å². The van der Waals surface area contributed by atoms with Crippen LogP contribution in [0.25, 0.3) is 0 Å². The van der Waals surface area contributed by atoms with E-state index >= 15 is 0 Å². The van der Waals surface area contributed by atoms with E-state index in [-0.39, 0.29) is 5.54 Å². The van der Waals surface area contributed by atoms with Gasteiger partial charge in [0.25, 0.3) is 0 Å². The molecule has 0 aliphatic carbocycles. The van der Waals surface area contributed by atoms with Gasteiger partial charge in [-0.2, -0.15) is 0 Å². The Morgan fingerprint density at radius 3 is 2.60 bits per heavy atom. The molecule has 0 unspecified atom stereocenters. The van der Waals surface area contributed by atoms with E-state index in [4.69, 9.17) is 4.74 Å². The predicted octanol–water partition coefficient (Wildman–Crippen LogP) is 3.03. The second-order valence-electron chi connectivity index (χ2n) is 5.71. The fraction of sp³-hybridized carbons (Fsp3) is 0.467. The van der Waals surface area contributed by atoms with Crippen molar-refractivity contribution in [1.29, 1.82) is 0 Å². The van der Waals surface area contributed by atoms with E-state index in [0.29, 0.717) is 5.88 Å². The van der Waals surface area contributed by atoms with Gasteiger partial charge in [0.05, 0.1) is 12.1 Å². The van der Waals surface area contributed by atoms with Gasteiger partial charge in [0, 0.05) is 41.8 Å². The fourth-order valence-electron chi connectivity index (χ4n) is 1.67. The number of aromatic nitrogens is 2. The fourth-order valence-corrected chi connectivity index (χ4v) is 2.57. The molecule has 2 aromatic heterocycles. The van der Waals surface area contributed by atoms with Crippen molar-refractivity contribution in [2.75, 3.05) is 7.11 Å².